The number of ketones is 1. The van der Waals surface area contributed by atoms with Crippen LogP contribution in [0, 0.1) is 5.82 Å². The molecule has 10 heteroatoms. The third-order valence-electron chi connectivity index (χ3n) is 5.10. The molecule has 0 aliphatic rings. The van der Waals surface area contributed by atoms with Crippen LogP contribution in [0.4, 0.5) is 16.0 Å². The Balaban J connectivity index is 1.54. The second kappa shape index (κ2) is 10.7. The fourth-order valence-electron chi connectivity index (χ4n) is 3.38. The first-order valence-corrected chi connectivity index (χ1v) is 12.8. The highest BCUT2D eigenvalue weighted by molar-refractivity contribution is 9.10. The average molecular weight is 555 g/mol. The van der Waals surface area contributed by atoms with Crippen molar-refractivity contribution in [1.82, 2.24) is 9.97 Å². The van der Waals surface area contributed by atoms with Crippen LogP contribution in [-0.4, -0.2) is 24.2 Å². The molecule has 0 fully saturated rings. The molecular formula is C25H20BrFN4O3S. The second-order valence-electron chi connectivity index (χ2n) is 7.59. The monoisotopic (exact) mass is 554 g/mol. The first-order chi connectivity index (χ1) is 16.8. The Labute approximate surface area is 210 Å². The molecule has 1 heterocycles. The summed E-state index contributed by atoms with van der Waals surface area (Å²) in [5.74, 6) is -0.570. The Morgan fingerprint density at radius 1 is 0.943 bits per heavy atom. The van der Waals surface area contributed by atoms with E-state index in [1.807, 2.05) is 0 Å². The number of carbonyl (C=O) groups is 1. The summed E-state index contributed by atoms with van der Waals surface area (Å²) in [6.07, 6.45) is 2.93. The molecule has 1 unspecified atom stereocenters. The summed E-state index contributed by atoms with van der Waals surface area (Å²) in [7, 11) is -3.89. The Morgan fingerprint density at radius 2 is 1.63 bits per heavy atom. The molecule has 0 saturated carbocycles. The molecule has 0 bridgehead atoms. The van der Waals surface area contributed by atoms with Gasteiger partial charge in [0.15, 0.2) is 5.78 Å². The number of Topliss-reactive ketones (excluding diaryl/α,β-unsaturated/α-hetero) is 1. The molecule has 0 saturated heterocycles. The molecule has 0 amide bonds. The molecule has 0 aliphatic heterocycles. The molecule has 0 spiro atoms. The van der Waals surface area contributed by atoms with E-state index in [2.05, 4.69) is 35.9 Å². The van der Waals surface area contributed by atoms with Crippen molar-refractivity contribution in [1.29, 1.82) is 0 Å². The molecule has 4 rings (SSSR count). The van der Waals surface area contributed by atoms with E-state index in [0.717, 1.165) is 4.47 Å². The Morgan fingerprint density at radius 3 is 2.29 bits per heavy atom. The molecule has 1 aromatic heterocycles. The number of carbonyl (C=O) groups excluding carboxylic acids is 1. The molecule has 3 aromatic carbocycles. The van der Waals surface area contributed by atoms with Gasteiger partial charge in [-0.3, -0.25) is 4.79 Å². The Hall–Kier alpha value is -3.63. The zero-order valence-electron chi connectivity index (χ0n) is 18.2. The van der Waals surface area contributed by atoms with Gasteiger partial charge in [0, 0.05) is 34.5 Å². The summed E-state index contributed by atoms with van der Waals surface area (Å²) in [5.41, 5.74) is 1.69. The number of nitrogens with one attached hydrogen (secondary N) is 2. The van der Waals surface area contributed by atoms with Crippen LogP contribution in [0.2, 0.25) is 0 Å². The third-order valence-corrected chi connectivity index (χ3v) is 6.98. The van der Waals surface area contributed by atoms with E-state index >= 15 is 0 Å². The van der Waals surface area contributed by atoms with E-state index in [4.69, 9.17) is 0 Å². The molecule has 178 valence electrons. The fourth-order valence-corrected chi connectivity index (χ4v) is 4.60. The van der Waals surface area contributed by atoms with Gasteiger partial charge in [0.25, 0.3) is 10.0 Å². The van der Waals surface area contributed by atoms with Gasteiger partial charge < -0.3 is 5.32 Å². The number of aromatic nitrogens is 2. The van der Waals surface area contributed by atoms with E-state index in [1.54, 1.807) is 54.6 Å². The van der Waals surface area contributed by atoms with Gasteiger partial charge >= 0.3 is 0 Å². The van der Waals surface area contributed by atoms with E-state index in [-0.39, 0.29) is 23.0 Å². The van der Waals surface area contributed by atoms with Gasteiger partial charge in [-0.25, -0.2) is 27.5 Å². The van der Waals surface area contributed by atoms with Gasteiger partial charge in [-0.05, 0) is 60.2 Å². The molecular weight excluding hydrogens is 535 g/mol. The molecule has 0 aliphatic carbocycles. The lowest BCUT2D eigenvalue weighted by atomic mass is 9.97. The smallest absolute Gasteiger partial charge is 0.264 e. The average Bonchev–Trinajstić information content (AvgIpc) is 2.85. The molecule has 35 heavy (non-hydrogen) atoms. The van der Waals surface area contributed by atoms with Crippen LogP contribution >= 0.6 is 15.9 Å². The summed E-state index contributed by atoms with van der Waals surface area (Å²) < 4.78 is 42.3. The van der Waals surface area contributed by atoms with Crippen molar-refractivity contribution in [2.24, 2.45) is 0 Å². The predicted molar refractivity (Wildman–Crippen MR) is 135 cm³/mol. The molecule has 0 radical (unpaired) electrons. The molecule has 1 atom stereocenters. The summed E-state index contributed by atoms with van der Waals surface area (Å²) in [5, 5.41) is 3.23. The van der Waals surface area contributed by atoms with Gasteiger partial charge in [-0.2, -0.15) is 0 Å². The zero-order chi connectivity index (χ0) is 24.8. The number of rotatable bonds is 9. The lowest BCUT2D eigenvalue weighted by Gasteiger charge is -2.20. The number of hydrogen-bond donors (Lipinski definition) is 2. The number of benzene rings is 3. The lowest BCUT2D eigenvalue weighted by Crippen LogP contribution is -2.17. The van der Waals surface area contributed by atoms with E-state index < -0.39 is 21.9 Å². The minimum absolute atomic E-state index is 0.0174. The van der Waals surface area contributed by atoms with E-state index in [0.29, 0.717) is 16.8 Å². The maximum atomic E-state index is 13.9. The Kier molecular flexibility index (Phi) is 7.52. The van der Waals surface area contributed by atoms with E-state index in [1.165, 1.54) is 36.7 Å². The van der Waals surface area contributed by atoms with Gasteiger partial charge in [-0.15, -0.1) is 0 Å². The highest BCUT2D eigenvalue weighted by atomic mass is 79.9. The van der Waals surface area contributed by atoms with Crippen LogP contribution in [0.25, 0.3) is 0 Å². The summed E-state index contributed by atoms with van der Waals surface area (Å²) in [6, 6.07) is 20.1. The Bertz CT molecular complexity index is 1420. The number of sulfonamides is 1. The number of halogens is 2. The minimum atomic E-state index is -3.89. The highest BCUT2D eigenvalue weighted by Gasteiger charge is 2.19. The quantitative estimate of drug-likeness (QED) is 0.261. The van der Waals surface area contributed by atoms with Crippen molar-refractivity contribution in [2.45, 2.75) is 17.4 Å². The fraction of sp³-hybridized carbons (Fsp3) is 0.0800. The SMILES string of the molecule is O=C(CC(Nc1ccc(S(=O)(=O)Nc2ncccn2)cc1)c1cccc(F)c1)c1ccc(Br)cc1. The number of nitrogens with zero attached hydrogens (tertiary/aromatic N) is 2. The topological polar surface area (TPSA) is 101 Å². The second-order valence-corrected chi connectivity index (χ2v) is 10.2. The van der Waals surface area contributed by atoms with Crippen LogP contribution in [-0.2, 0) is 10.0 Å². The predicted octanol–water partition coefficient (Wildman–Crippen LogP) is 5.61. The van der Waals surface area contributed by atoms with E-state index in [9.17, 15) is 17.6 Å². The maximum Gasteiger partial charge on any atom is 0.264 e. The van der Waals surface area contributed by atoms with Crippen molar-refractivity contribution in [3.05, 3.63) is 113 Å². The lowest BCUT2D eigenvalue weighted by molar-refractivity contribution is 0.0976. The number of hydrogen-bond acceptors (Lipinski definition) is 6. The molecule has 7 nitrogen and oxygen atoms in total. The largest absolute Gasteiger partial charge is 0.378 e. The molecule has 4 aromatic rings. The van der Waals surface area contributed by atoms with Crippen LogP contribution < -0.4 is 10.0 Å². The summed E-state index contributed by atoms with van der Waals surface area (Å²) >= 11 is 3.35. The van der Waals surface area contributed by atoms with Crippen molar-refractivity contribution in [3.8, 4) is 0 Å². The first kappa shape index (κ1) is 24.5. The normalized spacial score (nSPS) is 12.1. The van der Waals surface area contributed by atoms with Crippen LogP contribution in [0.3, 0.4) is 0 Å². The van der Waals surface area contributed by atoms with Gasteiger partial charge in [0.05, 0.1) is 10.9 Å². The van der Waals surface area contributed by atoms with Crippen molar-refractivity contribution in [3.63, 3.8) is 0 Å². The highest BCUT2D eigenvalue weighted by Crippen LogP contribution is 2.26. The minimum Gasteiger partial charge on any atom is -0.378 e. The third kappa shape index (κ3) is 6.49. The van der Waals surface area contributed by atoms with Crippen molar-refractivity contribution < 1.29 is 17.6 Å². The standard InChI is InChI=1S/C25H20BrFN4O3S/c26-19-7-5-17(6-8-19)24(32)16-23(18-3-1-4-20(27)15-18)30-21-9-11-22(12-10-21)35(33,34)31-25-28-13-2-14-29-25/h1-15,23,30H,16H2,(H,28,29,31). The number of anilines is 2. The van der Waals surface area contributed by atoms with Gasteiger partial charge in [0.2, 0.25) is 5.95 Å². The van der Waals surface area contributed by atoms with Crippen molar-refractivity contribution in [2.75, 3.05) is 10.0 Å². The van der Waals surface area contributed by atoms with Gasteiger partial charge in [-0.1, -0.05) is 40.2 Å². The summed E-state index contributed by atoms with van der Waals surface area (Å²) in [4.78, 5) is 20.7. The van der Waals surface area contributed by atoms with Crippen LogP contribution in [0.1, 0.15) is 28.4 Å². The van der Waals surface area contributed by atoms with Crippen molar-refractivity contribution >= 4 is 43.4 Å². The summed E-state index contributed by atoms with van der Waals surface area (Å²) in [6.45, 7) is 0. The molecule has 2 N–H and O–H groups in total. The van der Waals surface area contributed by atoms with Gasteiger partial charge in [0.1, 0.15) is 5.82 Å². The zero-order valence-corrected chi connectivity index (χ0v) is 20.6. The van der Waals surface area contributed by atoms with Crippen LogP contribution in [0.5, 0.6) is 0 Å². The maximum absolute atomic E-state index is 13.9. The van der Waals surface area contributed by atoms with Crippen LogP contribution in [0.15, 0.2) is 101 Å². The first-order valence-electron chi connectivity index (χ1n) is 10.5.